The van der Waals surface area contributed by atoms with E-state index in [1.807, 2.05) is 55.5 Å². The molecule has 0 radical (unpaired) electrons. The Balaban J connectivity index is 1.95. The zero-order chi connectivity index (χ0) is 19.7. The van der Waals surface area contributed by atoms with Crippen molar-refractivity contribution in [3.63, 3.8) is 0 Å². The maximum absolute atomic E-state index is 12.9. The van der Waals surface area contributed by atoms with Crippen molar-refractivity contribution >= 4 is 23.1 Å². The van der Waals surface area contributed by atoms with Crippen LogP contribution in [0.4, 0.5) is 5.69 Å². The summed E-state index contributed by atoms with van der Waals surface area (Å²) in [7, 11) is 0. The number of Topliss-reactive ketones (excluding diaryl/α,β-unsaturated/α-hetero) is 1. The molecule has 0 aliphatic carbocycles. The van der Waals surface area contributed by atoms with Gasteiger partial charge in [-0.2, -0.15) is 0 Å². The van der Waals surface area contributed by atoms with Gasteiger partial charge in [0, 0.05) is 11.3 Å². The summed E-state index contributed by atoms with van der Waals surface area (Å²) in [5, 5.41) is 10.9. The first kappa shape index (κ1) is 17.7. The lowest BCUT2D eigenvalue weighted by Crippen LogP contribution is -2.29. The van der Waals surface area contributed by atoms with E-state index in [1.165, 1.54) is 4.90 Å². The number of ketones is 1. The number of hydrogen-bond donors (Lipinski definition) is 1. The monoisotopic (exact) mass is 369 g/mol. The first-order chi connectivity index (χ1) is 13.6. The van der Waals surface area contributed by atoms with Gasteiger partial charge in [0.1, 0.15) is 5.76 Å². The number of aliphatic hydroxyl groups excluding tert-OH is 1. The molecule has 1 aliphatic rings. The first-order valence-corrected chi connectivity index (χ1v) is 9.06. The number of amides is 1. The van der Waals surface area contributed by atoms with Crippen molar-refractivity contribution in [2.45, 2.75) is 13.0 Å². The van der Waals surface area contributed by atoms with Crippen molar-refractivity contribution in [1.82, 2.24) is 0 Å². The summed E-state index contributed by atoms with van der Waals surface area (Å²) >= 11 is 0. The van der Waals surface area contributed by atoms with Gasteiger partial charge in [-0.15, -0.1) is 0 Å². The molecule has 138 valence electrons. The van der Waals surface area contributed by atoms with E-state index in [0.29, 0.717) is 11.3 Å². The molecule has 1 N–H and O–H groups in total. The summed E-state index contributed by atoms with van der Waals surface area (Å²) in [5.74, 6) is -1.49. The molecule has 3 aromatic rings. The Bertz CT molecular complexity index is 1050. The van der Waals surface area contributed by atoms with Crippen LogP contribution >= 0.6 is 0 Å². The number of anilines is 1. The molecule has 1 amide bonds. The van der Waals surface area contributed by atoms with Gasteiger partial charge in [0.15, 0.2) is 0 Å². The molecule has 28 heavy (non-hydrogen) atoms. The van der Waals surface area contributed by atoms with Gasteiger partial charge in [-0.3, -0.25) is 14.5 Å². The highest BCUT2D eigenvalue weighted by Crippen LogP contribution is 2.42. The Hall–Kier alpha value is -3.66. The lowest BCUT2D eigenvalue weighted by atomic mass is 9.94. The Morgan fingerprint density at radius 1 is 0.821 bits per heavy atom. The largest absolute Gasteiger partial charge is 0.507 e. The molecule has 1 fully saturated rings. The summed E-state index contributed by atoms with van der Waals surface area (Å²) < 4.78 is 0. The van der Waals surface area contributed by atoms with Gasteiger partial charge in [0.05, 0.1) is 11.6 Å². The van der Waals surface area contributed by atoms with Crippen LogP contribution in [-0.2, 0) is 9.59 Å². The second-order valence-corrected chi connectivity index (χ2v) is 6.78. The molecular weight excluding hydrogens is 350 g/mol. The number of carbonyl (C=O) groups excluding carboxylic acids is 2. The molecule has 0 bridgehead atoms. The summed E-state index contributed by atoms with van der Waals surface area (Å²) in [6.07, 6.45) is 0. The van der Waals surface area contributed by atoms with Crippen LogP contribution in [0.15, 0.2) is 90.5 Å². The highest BCUT2D eigenvalue weighted by Gasteiger charge is 2.46. The summed E-state index contributed by atoms with van der Waals surface area (Å²) in [6.45, 7) is 1.97. The van der Waals surface area contributed by atoms with E-state index in [9.17, 15) is 14.7 Å². The maximum Gasteiger partial charge on any atom is 0.300 e. The summed E-state index contributed by atoms with van der Waals surface area (Å²) in [5.41, 5.74) is 3.06. The SMILES string of the molecule is Cc1ccc(C2/C(=C(/O)c3ccccc3)C(=O)C(=O)N2c2ccccc2)cc1. The lowest BCUT2D eigenvalue weighted by molar-refractivity contribution is -0.132. The molecule has 4 nitrogen and oxygen atoms in total. The first-order valence-electron chi connectivity index (χ1n) is 9.06. The minimum Gasteiger partial charge on any atom is -0.507 e. The predicted molar refractivity (Wildman–Crippen MR) is 109 cm³/mol. The highest BCUT2D eigenvalue weighted by molar-refractivity contribution is 6.51. The van der Waals surface area contributed by atoms with E-state index in [0.717, 1.165) is 11.1 Å². The third kappa shape index (κ3) is 2.99. The molecular formula is C24H19NO3. The number of aryl methyl sites for hydroxylation is 1. The van der Waals surface area contributed by atoms with Crippen LogP contribution in [0.2, 0.25) is 0 Å². The molecule has 4 rings (SSSR count). The Morgan fingerprint density at radius 3 is 2.00 bits per heavy atom. The second kappa shape index (κ2) is 7.16. The Kier molecular flexibility index (Phi) is 4.53. The number of rotatable bonds is 3. The van der Waals surface area contributed by atoms with Crippen LogP contribution in [0.3, 0.4) is 0 Å². The van der Waals surface area contributed by atoms with E-state index >= 15 is 0 Å². The third-order valence-corrected chi connectivity index (χ3v) is 4.92. The van der Waals surface area contributed by atoms with Crippen LogP contribution < -0.4 is 4.90 Å². The zero-order valence-electron chi connectivity index (χ0n) is 15.4. The molecule has 1 atom stereocenters. The number of nitrogens with zero attached hydrogens (tertiary/aromatic N) is 1. The molecule has 4 heteroatoms. The molecule has 1 unspecified atom stereocenters. The van der Waals surface area contributed by atoms with Gasteiger partial charge < -0.3 is 5.11 Å². The van der Waals surface area contributed by atoms with E-state index in [1.54, 1.807) is 36.4 Å². The van der Waals surface area contributed by atoms with Gasteiger partial charge in [-0.05, 0) is 24.6 Å². The van der Waals surface area contributed by atoms with Gasteiger partial charge in [0.25, 0.3) is 11.7 Å². The van der Waals surface area contributed by atoms with Crippen LogP contribution in [0.1, 0.15) is 22.7 Å². The average molecular weight is 369 g/mol. The van der Waals surface area contributed by atoms with Crippen molar-refractivity contribution in [2.75, 3.05) is 4.90 Å². The molecule has 1 heterocycles. The van der Waals surface area contributed by atoms with Crippen molar-refractivity contribution in [1.29, 1.82) is 0 Å². The molecule has 0 spiro atoms. The fourth-order valence-electron chi connectivity index (χ4n) is 3.50. The zero-order valence-corrected chi connectivity index (χ0v) is 15.4. The van der Waals surface area contributed by atoms with Crippen LogP contribution in [0.5, 0.6) is 0 Å². The van der Waals surface area contributed by atoms with Crippen LogP contribution in [-0.4, -0.2) is 16.8 Å². The second-order valence-electron chi connectivity index (χ2n) is 6.78. The summed E-state index contributed by atoms with van der Waals surface area (Å²) in [6, 6.07) is 24.8. The Labute approximate surface area is 163 Å². The van der Waals surface area contributed by atoms with Crippen molar-refractivity contribution < 1.29 is 14.7 Å². The highest BCUT2D eigenvalue weighted by atomic mass is 16.3. The minimum atomic E-state index is -0.691. The standard InChI is InChI=1S/C24H19NO3/c1-16-12-14-17(15-13-16)21-20(22(26)18-8-4-2-5-9-18)23(27)24(28)25(21)19-10-6-3-7-11-19/h2-15,21,26H,1H3/b22-20-. The van der Waals surface area contributed by atoms with E-state index < -0.39 is 17.7 Å². The lowest BCUT2D eigenvalue weighted by Gasteiger charge is -2.25. The van der Waals surface area contributed by atoms with Crippen molar-refractivity contribution in [2.24, 2.45) is 0 Å². The predicted octanol–water partition coefficient (Wildman–Crippen LogP) is 4.62. The van der Waals surface area contributed by atoms with Crippen LogP contribution in [0.25, 0.3) is 5.76 Å². The van der Waals surface area contributed by atoms with Gasteiger partial charge >= 0.3 is 0 Å². The topological polar surface area (TPSA) is 57.6 Å². The third-order valence-electron chi connectivity index (χ3n) is 4.92. The maximum atomic E-state index is 12.9. The molecule has 1 aliphatic heterocycles. The molecule has 3 aromatic carbocycles. The number of carbonyl (C=O) groups is 2. The van der Waals surface area contributed by atoms with E-state index in [4.69, 9.17) is 0 Å². The average Bonchev–Trinajstić information content (AvgIpc) is 3.00. The Morgan fingerprint density at radius 2 is 1.39 bits per heavy atom. The van der Waals surface area contributed by atoms with Gasteiger partial charge in [0.2, 0.25) is 0 Å². The van der Waals surface area contributed by atoms with Gasteiger partial charge in [-0.1, -0.05) is 78.4 Å². The van der Waals surface area contributed by atoms with Crippen molar-refractivity contribution in [3.8, 4) is 0 Å². The quantitative estimate of drug-likeness (QED) is 0.416. The summed E-state index contributed by atoms with van der Waals surface area (Å²) in [4.78, 5) is 27.3. The minimum absolute atomic E-state index is 0.101. The fraction of sp³-hybridized carbons (Fsp3) is 0.0833. The molecule has 1 saturated heterocycles. The number of aliphatic hydroxyl groups is 1. The molecule has 0 saturated carbocycles. The smallest absolute Gasteiger partial charge is 0.300 e. The van der Waals surface area contributed by atoms with E-state index in [2.05, 4.69) is 0 Å². The number of benzene rings is 3. The normalized spacial score (nSPS) is 18.5. The molecule has 0 aromatic heterocycles. The van der Waals surface area contributed by atoms with E-state index in [-0.39, 0.29) is 11.3 Å². The fourth-order valence-corrected chi connectivity index (χ4v) is 3.50. The van der Waals surface area contributed by atoms with Crippen LogP contribution in [0, 0.1) is 6.92 Å². The number of para-hydroxylation sites is 1. The van der Waals surface area contributed by atoms with Gasteiger partial charge in [-0.25, -0.2) is 0 Å². The number of hydrogen-bond acceptors (Lipinski definition) is 3. The van der Waals surface area contributed by atoms with Crippen molar-refractivity contribution in [3.05, 3.63) is 107 Å².